The number of carbonyl (C=O) groups is 3. The smallest absolute Gasteiger partial charge is 0.330 e. The van der Waals surface area contributed by atoms with Gasteiger partial charge in [0.25, 0.3) is 0 Å². The van der Waals surface area contributed by atoms with Crippen LogP contribution in [0.3, 0.4) is 0 Å². The van der Waals surface area contributed by atoms with Crippen LogP contribution in [0.25, 0.3) is 0 Å². The summed E-state index contributed by atoms with van der Waals surface area (Å²) in [5, 5.41) is 0. The second-order valence-corrected chi connectivity index (χ2v) is 9.53. The Balaban J connectivity index is 4.28. The summed E-state index contributed by atoms with van der Waals surface area (Å²) < 4.78 is 16.0. The number of nitrogens with zero attached hydrogens (tertiary/aromatic N) is 2. The average Bonchev–Trinajstić information content (AvgIpc) is 2.86. The number of allylic oxidation sites excluding steroid dienone is 1. The number of rotatable bonds is 22. The lowest BCUT2D eigenvalue weighted by molar-refractivity contribution is -0.150. The van der Waals surface area contributed by atoms with Gasteiger partial charge in [0.15, 0.2) is 0 Å². The molecule has 0 saturated carbocycles. The molecule has 0 saturated heterocycles. The molecule has 0 aliphatic heterocycles. The van der Waals surface area contributed by atoms with Crippen LogP contribution in [0, 0.1) is 0 Å². The lowest BCUT2D eigenvalue weighted by atomic mass is 10.0. The Labute approximate surface area is 225 Å². The maximum Gasteiger partial charge on any atom is 0.330 e. The van der Waals surface area contributed by atoms with Gasteiger partial charge in [0.1, 0.15) is 6.10 Å². The van der Waals surface area contributed by atoms with E-state index in [4.69, 9.17) is 14.2 Å². The fourth-order valence-electron chi connectivity index (χ4n) is 3.88. The Morgan fingerprint density at radius 2 is 1.35 bits per heavy atom. The Hall–Kier alpha value is -2.38. The van der Waals surface area contributed by atoms with Crippen molar-refractivity contribution in [3.63, 3.8) is 0 Å². The fourth-order valence-corrected chi connectivity index (χ4v) is 3.88. The van der Waals surface area contributed by atoms with E-state index in [1.54, 1.807) is 20.0 Å². The summed E-state index contributed by atoms with van der Waals surface area (Å²) >= 11 is 0. The molecule has 0 aliphatic carbocycles. The summed E-state index contributed by atoms with van der Waals surface area (Å²) in [4.78, 5) is 40.8. The number of carbonyl (C=O) groups excluding carboxylic acids is 3. The molecule has 0 radical (unpaired) electrons. The van der Waals surface area contributed by atoms with Crippen LogP contribution in [0.4, 0.5) is 0 Å². The van der Waals surface area contributed by atoms with Crippen molar-refractivity contribution >= 4 is 23.7 Å². The first-order valence-electron chi connectivity index (χ1n) is 14.1. The van der Waals surface area contributed by atoms with Gasteiger partial charge >= 0.3 is 17.9 Å². The number of ether oxygens (including phenoxy) is 3. The highest BCUT2D eigenvalue weighted by Crippen LogP contribution is 2.17. The molecule has 0 bridgehead atoms. The van der Waals surface area contributed by atoms with E-state index < -0.39 is 0 Å². The van der Waals surface area contributed by atoms with Crippen LogP contribution in [0.2, 0.25) is 0 Å². The van der Waals surface area contributed by atoms with Crippen molar-refractivity contribution in [2.24, 2.45) is 4.99 Å². The van der Waals surface area contributed by atoms with Gasteiger partial charge in [0.05, 0.1) is 19.0 Å². The predicted molar refractivity (Wildman–Crippen MR) is 149 cm³/mol. The van der Waals surface area contributed by atoms with Crippen molar-refractivity contribution in [3.05, 3.63) is 12.2 Å². The SMILES string of the molecule is C/C=C\C(=O)OCCCCCCCC(CCCCCCCOC(C)=O)OC(=O)CCCN(C)/C(C)=N\C. The minimum Gasteiger partial charge on any atom is -0.466 e. The molecule has 0 amide bonds. The van der Waals surface area contributed by atoms with Gasteiger partial charge in [0.2, 0.25) is 0 Å². The van der Waals surface area contributed by atoms with Crippen molar-refractivity contribution < 1.29 is 28.6 Å². The number of hydrogen-bond acceptors (Lipinski definition) is 7. The molecule has 0 rings (SSSR count). The predicted octanol–water partition coefficient (Wildman–Crippen LogP) is 6.02. The minimum absolute atomic E-state index is 0.0352. The van der Waals surface area contributed by atoms with E-state index in [2.05, 4.69) is 4.99 Å². The second-order valence-electron chi connectivity index (χ2n) is 9.53. The van der Waals surface area contributed by atoms with Crippen molar-refractivity contribution in [1.82, 2.24) is 4.90 Å². The maximum absolute atomic E-state index is 12.5. The fraction of sp³-hybridized carbons (Fsp3) is 0.793. The van der Waals surface area contributed by atoms with Gasteiger partial charge < -0.3 is 19.1 Å². The first-order valence-corrected chi connectivity index (χ1v) is 14.1. The van der Waals surface area contributed by atoms with Crippen LogP contribution in [-0.4, -0.2) is 68.6 Å². The molecule has 1 unspecified atom stereocenters. The molecule has 0 heterocycles. The molecule has 0 aliphatic rings. The summed E-state index contributed by atoms with van der Waals surface area (Å²) in [6.45, 7) is 6.92. The van der Waals surface area contributed by atoms with Crippen LogP contribution in [0.1, 0.15) is 111 Å². The topological polar surface area (TPSA) is 94.5 Å². The minimum atomic E-state index is -0.281. The Bertz CT molecular complexity index is 677. The van der Waals surface area contributed by atoms with Crippen molar-refractivity contribution in [2.75, 3.05) is 33.9 Å². The molecule has 8 nitrogen and oxygen atoms in total. The zero-order valence-corrected chi connectivity index (χ0v) is 24.1. The van der Waals surface area contributed by atoms with Gasteiger partial charge in [-0.15, -0.1) is 0 Å². The molecule has 0 aromatic rings. The summed E-state index contributed by atoms with van der Waals surface area (Å²) in [6.07, 6.45) is 16.2. The number of aliphatic imine (C=N–C) groups is 1. The average molecular weight is 525 g/mol. The van der Waals surface area contributed by atoms with Crippen LogP contribution in [0.5, 0.6) is 0 Å². The van der Waals surface area contributed by atoms with Gasteiger partial charge in [-0.2, -0.15) is 0 Å². The number of hydrogen-bond donors (Lipinski definition) is 0. The molecule has 214 valence electrons. The zero-order chi connectivity index (χ0) is 27.7. The zero-order valence-electron chi connectivity index (χ0n) is 24.1. The molecule has 0 fully saturated rings. The summed E-state index contributed by atoms with van der Waals surface area (Å²) in [6, 6.07) is 0. The quantitative estimate of drug-likeness (QED) is 0.0427. The molecular weight excluding hydrogens is 472 g/mol. The Morgan fingerprint density at radius 3 is 1.89 bits per heavy atom. The van der Waals surface area contributed by atoms with Crippen molar-refractivity contribution in [2.45, 2.75) is 117 Å². The highest BCUT2D eigenvalue weighted by atomic mass is 16.5. The summed E-state index contributed by atoms with van der Waals surface area (Å²) in [5.74, 6) is 0.332. The van der Waals surface area contributed by atoms with Crippen LogP contribution >= 0.6 is 0 Å². The van der Waals surface area contributed by atoms with Gasteiger partial charge in [-0.3, -0.25) is 14.6 Å². The maximum atomic E-state index is 12.5. The third-order valence-corrected chi connectivity index (χ3v) is 6.24. The van der Waals surface area contributed by atoms with E-state index >= 15 is 0 Å². The van der Waals surface area contributed by atoms with Crippen LogP contribution < -0.4 is 0 Å². The summed E-state index contributed by atoms with van der Waals surface area (Å²) in [7, 11) is 3.75. The standard InChI is InChI=1S/C29H52N2O6/c1-6-18-28(33)36-24-16-12-8-10-14-20-27(19-13-9-7-11-15-23-35-26(3)32)37-29(34)21-17-22-31(5)25(2)30-4/h6,18,27H,7-17,19-24H2,1-5H3/b18-6-,30-25-. The third-order valence-electron chi connectivity index (χ3n) is 6.24. The number of amidine groups is 1. The molecule has 8 heteroatoms. The van der Waals surface area contributed by atoms with E-state index in [0.717, 1.165) is 95.9 Å². The molecular formula is C29H52N2O6. The first-order chi connectivity index (χ1) is 17.8. The molecule has 0 aromatic carbocycles. The van der Waals surface area contributed by atoms with E-state index in [0.29, 0.717) is 19.6 Å². The van der Waals surface area contributed by atoms with Crippen LogP contribution in [0.15, 0.2) is 17.1 Å². The van der Waals surface area contributed by atoms with Gasteiger partial charge in [-0.05, 0) is 58.8 Å². The normalized spacial score (nSPS) is 12.4. The van der Waals surface area contributed by atoms with E-state index in [1.165, 1.54) is 13.0 Å². The number of esters is 3. The molecule has 0 N–H and O–H groups in total. The van der Waals surface area contributed by atoms with E-state index in [9.17, 15) is 14.4 Å². The van der Waals surface area contributed by atoms with E-state index in [1.807, 2.05) is 18.9 Å². The monoisotopic (exact) mass is 524 g/mol. The Morgan fingerprint density at radius 1 is 0.811 bits per heavy atom. The lowest BCUT2D eigenvalue weighted by Gasteiger charge is -2.20. The summed E-state index contributed by atoms with van der Waals surface area (Å²) in [5.41, 5.74) is 0. The highest BCUT2D eigenvalue weighted by molar-refractivity contribution is 5.81. The molecule has 37 heavy (non-hydrogen) atoms. The van der Waals surface area contributed by atoms with Crippen molar-refractivity contribution in [1.29, 1.82) is 0 Å². The van der Waals surface area contributed by atoms with Crippen LogP contribution in [-0.2, 0) is 28.6 Å². The molecule has 0 spiro atoms. The second kappa shape index (κ2) is 24.0. The lowest BCUT2D eigenvalue weighted by Crippen LogP contribution is -2.26. The molecule has 1 atom stereocenters. The Kier molecular flexibility index (Phi) is 22.4. The van der Waals surface area contributed by atoms with Gasteiger partial charge in [-0.25, -0.2) is 4.79 Å². The first kappa shape index (κ1) is 34.6. The van der Waals surface area contributed by atoms with Crippen molar-refractivity contribution in [3.8, 4) is 0 Å². The number of unbranched alkanes of at least 4 members (excludes halogenated alkanes) is 8. The van der Waals surface area contributed by atoms with Gasteiger partial charge in [0, 0.05) is 40.1 Å². The van der Waals surface area contributed by atoms with E-state index in [-0.39, 0.29) is 24.0 Å². The highest BCUT2D eigenvalue weighted by Gasteiger charge is 2.15. The third kappa shape index (κ3) is 22.5. The molecule has 0 aromatic heterocycles. The van der Waals surface area contributed by atoms with Gasteiger partial charge in [-0.1, -0.05) is 44.6 Å². The largest absolute Gasteiger partial charge is 0.466 e.